The summed E-state index contributed by atoms with van der Waals surface area (Å²) >= 11 is 0. The Kier molecular flexibility index (Phi) is 4.59. The second-order valence-corrected chi connectivity index (χ2v) is 6.84. The molecule has 1 heterocycles. The number of carbonyl (C=O) groups is 1. The Morgan fingerprint density at radius 1 is 1.41 bits per heavy atom. The molecule has 3 nitrogen and oxygen atoms in total. The zero-order valence-corrected chi connectivity index (χ0v) is 13.8. The Morgan fingerprint density at radius 3 is 2.68 bits per heavy atom. The summed E-state index contributed by atoms with van der Waals surface area (Å²) in [6.07, 6.45) is 1.35. The van der Waals surface area contributed by atoms with E-state index in [1.165, 1.54) is 12.1 Å². The van der Waals surface area contributed by atoms with Gasteiger partial charge >= 0.3 is 6.09 Å². The summed E-state index contributed by atoms with van der Waals surface area (Å²) < 4.78 is 19.2. The number of likely N-dealkylation sites (tertiary alicyclic amines) is 1. The number of nitrogens with zero attached hydrogens (tertiary/aromatic N) is 1. The van der Waals surface area contributed by atoms with Gasteiger partial charge in [0.05, 0.1) is 6.04 Å². The van der Waals surface area contributed by atoms with E-state index in [1.54, 1.807) is 11.0 Å². The van der Waals surface area contributed by atoms with Crippen LogP contribution in [0.3, 0.4) is 0 Å². The molecule has 1 aliphatic heterocycles. The van der Waals surface area contributed by atoms with Crippen molar-refractivity contribution in [3.05, 3.63) is 41.7 Å². The Bertz CT molecular complexity index is 589. The second kappa shape index (κ2) is 6.11. The van der Waals surface area contributed by atoms with Gasteiger partial charge in [-0.05, 0) is 63.8 Å². The van der Waals surface area contributed by atoms with E-state index in [0.717, 1.165) is 29.5 Å². The van der Waals surface area contributed by atoms with Crippen molar-refractivity contribution in [2.45, 2.75) is 52.2 Å². The van der Waals surface area contributed by atoms with Gasteiger partial charge in [-0.2, -0.15) is 0 Å². The number of halogens is 1. The number of carbonyl (C=O) groups excluding carboxylic acids is 1. The van der Waals surface area contributed by atoms with Crippen LogP contribution in [0.4, 0.5) is 9.18 Å². The van der Waals surface area contributed by atoms with Crippen LogP contribution in [0, 0.1) is 5.82 Å². The monoisotopic (exact) mass is 305 g/mol. The number of benzene rings is 1. The number of hydrogen-bond donors (Lipinski definition) is 0. The fourth-order valence-electron chi connectivity index (χ4n) is 2.83. The van der Waals surface area contributed by atoms with E-state index in [2.05, 4.69) is 6.58 Å². The van der Waals surface area contributed by atoms with Gasteiger partial charge in [0.1, 0.15) is 11.4 Å². The van der Waals surface area contributed by atoms with Crippen LogP contribution in [0.25, 0.3) is 5.57 Å². The first-order valence-corrected chi connectivity index (χ1v) is 7.64. The average Bonchev–Trinajstić information content (AvgIpc) is 2.85. The molecule has 1 aliphatic rings. The van der Waals surface area contributed by atoms with Gasteiger partial charge in [-0.25, -0.2) is 9.18 Å². The van der Waals surface area contributed by atoms with Crippen molar-refractivity contribution in [1.82, 2.24) is 4.90 Å². The van der Waals surface area contributed by atoms with Crippen LogP contribution in [0.2, 0.25) is 0 Å². The molecular formula is C18H24FNO2. The fraction of sp³-hybridized carbons (Fsp3) is 0.500. The summed E-state index contributed by atoms with van der Waals surface area (Å²) in [5.74, 6) is -0.295. The predicted molar refractivity (Wildman–Crippen MR) is 86.0 cm³/mol. The highest BCUT2D eigenvalue weighted by atomic mass is 19.1. The maximum absolute atomic E-state index is 13.7. The molecule has 1 amide bonds. The van der Waals surface area contributed by atoms with Gasteiger partial charge in [-0.3, -0.25) is 0 Å². The minimum Gasteiger partial charge on any atom is -0.444 e. The first kappa shape index (κ1) is 16.5. The molecule has 0 aromatic heterocycles. The summed E-state index contributed by atoms with van der Waals surface area (Å²) in [5, 5.41) is 0. The standard InChI is InChI=1S/C18H24FNO2/c1-12(2)14-9-8-13(19)11-15(14)16-7-6-10-20(16)17(21)22-18(3,4)5/h8-9,11,16H,1,6-7,10H2,2-5H3. The van der Waals surface area contributed by atoms with Crippen molar-refractivity contribution >= 4 is 11.7 Å². The minimum atomic E-state index is -0.538. The predicted octanol–water partition coefficient (Wildman–Crippen LogP) is 4.93. The second-order valence-electron chi connectivity index (χ2n) is 6.84. The molecule has 4 heteroatoms. The SMILES string of the molecule is C=C(C)c1ccc(F)cc1C1CCCN1C(=O)OC(C)(C)C. The molecule has 22 heavy (non-hydrogen) atoms. The Hall–Kier alpha value is -1.84. The lowest BCUT2D eigenvalue weighted by Crippen LogP contribution is -2.36. The maximum atomic E-state index is 13.7. The summed E-state index contributed by atoms with van der Waals surface area (Å²) in [6.45, 7) is 12.0. The molecule has 1 aromatic carbocycles. The van der Waals surface area contributed by atoms with Crippen molar-refractivity contribution in [3.63, 3.8) is 0 Å². The molecule has 0 spiro atoms. The summed E-state index contributed by atoms with van der Waals surface area (Å²) in [5.41, 5.74) is 2.05. The first-order chi connectivity index (χ1) is 10.2. The van der Waals surface area contributed by atoms with Crippen LogP contribution in [0.1, 0.15) is 57.7 Å². The van der Waals surface area contributed by atoms with Crippen molar-refractivity contribution in [3.8, 4) is 0 Å². The zero-order valence-electron chi connectivity index (χ0n) is 13.8. The molecule has 1 fully saturated rings. The van der Waals surface area contributed by atoms with Crippen LogP contribution < -0.4 is 0 Å². The third kappa shape index (κ3) is 3.67. The van der Waals surface area contributed by atoms with Crippen molar-refractivity contribution < 1.29 is 13.9 Å². The molecule has 0 saturated carbocycles. The van der Waals surface area contributed by atoms with Crippen molar-refractivity contribution in [2.24, 2.45) is 0 Å². The van der Waals surface area contributed by atoms with Crippen LogP contribution in [0.5, 0.6) is 0 Å². The first-order valence-electron chi connectivity index (χ1n) is 7.64. The van der Waals surface area contributed by atoms with E-state index >= 15 is 0 Å². The van der Waals surface area contributed by atoms with Crippen molar-refractivity contribution in [1.29, 1.82) is 0 Å². The normalized spacial score (nSPS) is 18.4. The van der Waals surface area contributed by atoms with Gasteiger partial charge in [-0.15, -0.1) is 0 Å². The Morgan fingerprint density at radius 2 is 2.09 bits per heavy atom. The van der Waals surface area contributed by atoms with Crippen LogP contribution in [-0.2, 0) is 4.74 Å². The summed E-state index contributed by atoms with van der Waals surface area (Å²) in [6, 6.07) is 4.52. The molecule has 0 N–H and O–H groups in total. The highest BCUT2D eigenvalue weighted by Crippen LogP contribution is 2.37. The largest absolute Gasteiger partial charge is 0.444 e. The number of ether oxygens (including phenoxy) is 1. The zero-order chi connectivity index (χ0) is 16.5. The van der Waals surface area contributed by atoms with Gasteiger partial charge in [0.25, 0.3) is 0 Å². The summed E-state index contributed by atoms with van der Waals surface area (Å²) in [4.78, 5) is 14.1. The van der Waals surface area contributed by atoms with E-state index in [1.807, 2.05) is 27.7 Å². The molecule has 0 aliphatic carbocycles. The van der Waals surface area contributed by atoms with Crippen LogP contribution >= 0.6 is 0 Å². The van der Waals surface area contributed by atoms with Gasteiger partial charge in [0.15, 0.2) is 0 Å². The van der Waals surface area contributed by atoms with Crippen LogP contribution in [0.15, 0.2) is 24.8 Å². The van der Waals surface area contributed by atoms with Gasteiger partial charge < -0.3 is 9.64 Å². The molecule has 2 rings (SSSR count). The van der Waals surface area contributed by atoms with E-state index in [9.17, 15) is 9.18 Å². The molecule has 1 atom stereocenters. The number of rotatable bonds is 2. The number of amides is 1. The molecule has 0 bridgehead atoms. The lowest BCUT2D eigenvalue weighted by atomic mass is 9.94. The van der Waals surface area contributed by atoms with Gasteiger partial charge in [-0.1, -0.05) is 18.2 Å². The Labute approximate surface area is 131 Å². The van der Waals surface area contributed by atoms with E-state index in [0.29, 0.717) is 6.54 Å². The minimum absolute atomic E-state index is 0.155. The van der Waals surface area contributed by atoms with Crippen LogP contribution in [-0.4, -0.2) is 23.1 Å². The van der Waals surface area contributed by atoms with E-state index in [4.69, 9.17) is 4.74 Å². The molecule has 120 valence electrons. The maximum Gasteiger partial charge on any atom is 0.410 e. The molecule has 1 saturated heterocycles. The number of hydrogen-bond acceptors (Lipinski definition) is 2. The fourth-order valence-corrected chi connectivity index (χ4v) is 2.83. The summed E-state index contributed by atoms with van der Waals surface area (Å²) in [7, 11) is 0. The van der Waals surface area contributed by atoms with E-state index < -0.39 is 5.60 Å². The van der Waals surface area contributed by atoms with Crippen molar-refractivity contribution in [2.75, 3.05) is 6.54 Å². The number of allylic oxidation sites excluding steroid dienone is 1. The lowest BCUT2D eigenvalue weighted by Gasteiger charge is -2.30. The quantitative estimate of drug-likeness (QED) is 0.775. The molecular weight excluding hydrogens is 281 g/mol. The average molecular weight is 305 g/mol. The topological polar surface area (TPSA) is 29.5 Å². The highest BCUT2D eigenvalue weighted by Gasteiger charge is 2.34. The third-order valence-electron chi connectivity index (χ3n) is 3.71. The van der Waals surface area contributed by atoms with Gasteiger partial charge in [0.2, 0.25) is 0 Å². The highest BCUT2D eigenvalue weighted by molar-refractivity contribution is 5.71. The lowest BCUT2D eigenvalue weighted by molar-refractivity contribution is 0.0224. The third-order valence-corrected chi connectivity index (χ3v) is 3.71. The molecule has 1 aromatic rings. The molecule has 1 unspecified atom stereocenters. The molecule has 0 radical (unpaired) electrons. The van der Waals surface area contributed by atoms with Gasteiger partial charge in [0, 0.05) is 6.54 Å². The van der Waals surface area contributed by atoms with E-state index in [-0.39, 0.29) is 18.0 Å². The smallest absolute Gasteiger partial charge is 0.410 e. The Balaban J connectivity index is 2.33.